The maximum Gasteiger partial charge on any atom is 0.330 e. The second-order valence-corrected chi connectivity index (χ2v) is 5.09. The zero-order valence-corrected chi connectivity index (χ0v) is 12.8. The molecule has 2 atom stereocenters. The summed E-state index contributed by atoms with van der Waals surface area (Å²) in [6.45, 7) is 7.60. The lowest BCUT2D eigenvalue weighted by atomic mass is 9.98. The Bertz CT molecular complexity index is 518. The minimum atomic E-state index is -0.327. The molecule has 4 nitrogen and oxygen atoms in total. The molecule has 4 heteroatoms. The van der Waals surface area contributed by atoms with Gasteiger partial charge in [-0.3, -0.25) is 0 Å². The van der Waals surface area contributed by atoms with Crippen LogP contribution in [0.5, 0.6) is 0 Å². The van der Waals surface area contributed by atoms with E-state index in [1.165, 1.54) is 6.08 Å². The van der Waals surface area contributed by atoms with Gasteiger partial charge in [0.1, 0.15) is 6.10 Å². The molecule has 1 aliphatic rings. The van der Waals surface area contributed by atoms with Crippen LogP contribution in [0, 0.1) is 6.92 Å². The lowest BCUT2D eigenvalue weighted by Crippen LogP contribution is -2.08. The second kappa shape index (κ2) is 7.38. The number of benzene rings is 1. The van der Waals surface area contributed by atoms with Gasteiger partial charge in [-0.2, -0.15) is 0 Å². The summed E-state index contributed by atoms with van der Waals surface area (Å²) >= 11 is 0. The van der Waals surface area contributed by atoms with E-state index < -0.39 is 0 Å². The molecule has 0 unspecified atom stereocenters. The molecule has 0 spiro atoms. The third-order valence-electron chi connectivity index (χ3n) is 3.40. The van der Waals surface area contributed by atoms with E-state index in [2.05, 4.69) is 0 Å². The fourth-order valence-corrected chi connectivity index (χ4v) is 2.13. The number of hydrogen-bond donors (Lipinski definition) is 0. The van der Waals surface area contributed by atoms with Crippen molar-refractivity contribution in [3.63, 3.8) is 0 Å². The molecule has 1 heterocycles. The van der Waals surface area contributed by atoms with Crippen molar-refractivity contribution in [1.82, 2.24) is 0 Å². The van der Waals surface area contributed by atoms with Crippen molar-refractivity contribution in [1.29, 1.82) is 0 Å². The number of epoxide rings is 1. The van der Waals surface area contributed by atoms with Gasteiger partial charge in [0, 0.05) is 6.08 Å². The fourth-order valence-electron chi connectivity index (χ4n) is 2.13. The number of esters is 1. The molecule has 0 saturated carbocycles. The van der Waals surface area contributed by atoms with Crippen molar-refractivity contribution in [3.05, 3.63) is 41.0 Å². The zero-order valence-electron chi connectivity index (χ0n) is 12.8. The monoisotopic (exact) mass is 290 g/mol. The summed E-state index contributed by atoms with van der Waals surface area (Å²) in [5.74, 6) is -0.327. The highest BCUT2D eigenvalue weighted by Gasteiger charge is 2.24. The first kappa shape index (κ1) is 15.7. The van der Waals surface area contributed by atoms with Crippen molar-refractivity contribution >= 4 is 12.0 Å². The van der Waals surface area contributed by atoms with Crippen LogP contribution in [0.3, 0.4) is 0 Å². The molecule has 0 N–H and O–H groups in total. The van der Waals surface area contributed by atoms with E-state index in [4.69, 9.17) is 14.2 Å². The lowest BCUT2D eigenvalue weighted by Gasteiger charge is -2.17. The molecule has 0 bridgehead atoms. The average molecular weight is 290 g/mol. The third-order valence-corrected chi connectivity index (χ3v) is 3.40. The third kappa shape index (κ3) is 4.69. The van der Waals surface area contributed by atoms with Crippen LogP contribution in [0.25, 0.3) is 6.08 Å². The van der Waals surface area contributed by atoms with E-state index in [-0.39, 0.29) is 18.2 Å². The van der Waals surface area contributed by atoms with Crippen LogP contribution < -0.4 is 0 Å². The number of aryl methyl sites for hydroxylation is 1. The van der Waals surface area contributed by atoms with Gasteiger partial charge in [0.15, 0.2) is 0 Å². The van der Waals surface area contributed by atoms with Crippen LogP contribution in [-0.2, 0) is 19.0 Å². The lowest BCUT2D eigenvalue weighted by molar-refractivity contribution is -0.137. The first-order chi connectivity index (χ1) is 10.1. The highest BCUT2D eigenvalue weighted by atomic mass is 16.6. The molecule has 0 aliphatic carbocycles. The minimum absolute atomic E-state index is 0.0454. The van der Waals surface area contributed by atoms with Crippen LogP contribution in [0.1, 0.15) is 36.6 Å². The predicted octanol–water partition coefficient (Wildman–Crippen LogP) is 3.05. The predicted molar refractivity (Wildman–Crippen MR) is 81.0 cm³/mol. The Morgan fingerprint density at radius 3 is 2.95 bits per heavy atom. The number of ether oxygens (including phenoxy) is 3. The summed E-state index contributed by atoms with van der Waals surface area (Å²) in [7, 11) is 0. The first-order valence-electron chi connectivity index (χ1n) is 7.29. The standard InChI is InChI=1S/C17H22O4/c1-4-19-17(18)9-8-15-12(2)6-5-7-16(15)13(3)20-10-14-11-21-14/h5-9,13-14H,4,10-11H2,1-3H3/b9-8+/t13-,14+/m1/s1. The van der Waals surface area contributed by atoms with Crippen LogP contribution in [0.4, 0.5) is 0 Å². The van der Waals surface area contributed by atoms with Crippen LogP contribution >= 0.6 is 0 Å². The molecule has 0 aromatic heterocycles. The smallest absolute Gasteiger partial charge is 0.330 e. The number of rotatable bonds is 7. The molecule has 21 heavy (non-hydrogen) atoms. The Morgan fingerprint density at radius 2 is 2.29 bits per heavy atom. The largest absolute Gasteiger partial charge is 0.463 e. The summed E-state index contributed by atoms with van der Waals surface area (Å²) in [5.41, 5.74) is 3.18. The van der Waals surface area contributed by atoms with Gasteiger partial charge in [0.2, 0.25) is 0 Å². The Hall–Kier alpha value is -1.65. The Morgan fingerprint density at radius 1 is 1.52 bits per heavy atom. The van der Waals surface area contributed by atoms with Gasteiger partial charge in [-0.1, -0.05) is 18.2 Å². The molecule has 0 radical (unpaired) electrons. The summed E-state index contributed by atoms with van der Waals surface area (Å²) in [4.78, 5) is 11.5. The number of carbonyl (C=O) groups excluding carboxylic acids is 1. The van der Waals surface area contributed by atoms with Gasteiger partial charge in [0.05, 0.1) is 25.9 Å². The minimum Gasteiger partial charge on any atom is -0.463 e. The van der Waals surface area contributed by atoms with Gasteiger partial charge in [-0.05, 0) is 43.5 Å². The van der Waals surface area contributed by atoms with Gasteiger partial charge in [-0.15, -0.1) is 0 Å². The highest BCUT2D eigenvalue weighted by Crippen LogP contribution is 2.26. The van der Waals surface area contributed by atoms with E-state index in [9.17, 15) is 4.79 Å². The molecule has 1 fully saturated rings. The van der Waals surface area contributed by atoms with Crippen molar-refractivity contribution in [2.24, 2.45) is 0 Å². The van der Waals surface area contributed by atoms with Crippen LogP contribution in [0.15, 0.2) is 24.3 Å². The highest BCUT2D eigenvalue weighted by molar-refractivity contribution is 5.87. The second-order valence-electron chi connectivity index (χ2n) is 5.09. The summed E-state index contributed by atoms with van der Waals surface area (Å²) in [6, 6.07) is 6.04. The van der Waals surface area contributed by atoms with E-state index >= 15 is 0 Å². The summed E-state index contributed by atoms with van der Waals surface area (Å²) in [6.07, 6.45) is 3.47. The normalized spacial score (nSPS) is 18.7. The maximum atomic E-state index is 11.5. The van der Waals surface area contributed by atoms with Crippen molar-refractivity contribution in [2.75, 3.05) is 19.8 Å². The van der Waals surface area contributed by atoms with Crippen molar-refractivity contribution in [3.8, 4) is 0 Å². The average Bonchev–Trinajstić information content (AvgIpc) is 3.27. The molecular formula is C17H22O4. The summed E-state index contributed by atoms with van der Waals surface area (Å²) < 4.78 is 15.9. The Kier molecular flexibility index (Phi) is 5.53. The van der Waals surface area contributed by atoms with E-state index in [1.807, 2.05) is 32.0 Å². The Labute approximate surface area is 125 Å². The SMILES string of the molecule is CCOC(=O)/C=C/c1c(C)cccc1[C@@H](C)OC[C@H]1CO1. The number of carbonyl (C=O) groups is 1. The molecule has 1 aliphatic heterocycles. The number of hydrogen-bond acceptors (Lipinski definition) is 4. The van der Waals surface area contributed by atoms with Crippen molar-refractivity contribution < 1.29 is 19.0 Å². The molecule has 1 aromatic rings. The van der Waals surface area contributed by atoms with Gasteiger partial charge < -0.3 is 14.2 Å². The molecule has 2 rings (SSSR count). The topological polar surface area (TPSA) is 48.1 Å². The van der Waals surface area contributed by atoms with Crippen LogP contribution in [0.2, 0.25) is 0 Å². The molecular weight excluding hydrogens is 268 g/mol. The van der Waals surface area contributed by atoms with Gasteiger partial charge in [-0.25, -0.2) is 4.79 Å². The zero-order chi connectivity index (χ0) is 15.2. The Balaban J connectivity index is 2.12. The quantitative estimate of drug-likeness (QED) is 0.440. The maximum absolute atomic E-state index is 11.5. The van der Waals surface area contributed by atoms with Gasteiger partial charge >= 0.3 is 5.97 Å². The van der Waals surface area contributed by atoms with Crippen molar-refractivity contribution in [2.45, 2.75) is 33.0 Å². The van der Waals surface area contributed by atoms with Gasteiger partial charge in [0.25, 0.3) is 0 Å². The fraction of sp³-hybridized carbons (Fsp3) is 0.471. The summed E-state index contributed by atoms with van der Waals surface area (Å²) in [5, 5.41) is 0. The van der Waals surface area contributed by atoms with E-state index in [1.54, 1.807) is 13.0 Å². The van der Waals surface area contributed by atoms with E-state index in [0.29, 0.717) is 13.2 Å². The molecule has 1 saturated heterocycles. The first-order valence-corrected chi connectivity index (χ1v) is 7.29. The molecule has 114 valence electrons. The van der Waals surface area contributed by atoms with E-state index in [0.717, 1.165) is 23.3 Å². The molecule has 0 amide bonds. The molecule has 1 aromatic carbocycles. The van der Waals surface area contributed by atoms with Crippen LogP contribution in [-0.4, -0.2) is 31.9 Å².